The third kappa shape index (κ3) is 6.80. The minimum Gasteiger partial charge on any atom is -0.395 e. The van der Waals surface area contributed by atoms with Gasteiger partial charge in [0.2, 0.25) is 5.91 Å². The van der Waals surface area contributed by atoms with Crippen molar-refractivity contribution >= 4 is 5.91 Å². The van der Waals surface area contributed by atoms with Crippen LogP contribution in [0.1, 0.15) is 6.92 Å². The highest BCUT2D eigenvalue weighted by Gasteiger charge is 1.89. The molecular formula is C8H13NO2. The van der Waals surface area contributed by atoms with Gasteiger partial charge in [-0.25, -0.2) is 0 Å². The van der Waals surface area contributed by atoms with E-state index in [2.05, 4.69) is 5.32 Å². The fourth-order valence-corrected chi connectivity index (χ4v) is 0.492. The Bertz CT molecular complexity index is 161. The highest BCUT2D eigenvalue weighted by molar-refractivity contribution is 5.87. The summed E-state index contributed by atoms with van der Waals surface area (Å²) in [7, 11) is 0. The number of aliphatic hydroxyl groups excluding tert-OH is 1. The summed E-state index contributed by atoms with van der Waals surface area (Å²) in [5, 5.41) is 10.8. The van der Waals surface area contributed by atoms with Crippen LogP contribution in [0.3, 0.4) is 0 Å². The Morgan fingerprint density at radius 2 is 2.27 bits per heavy atom. The average molecular weight is 155 g/mol. The zero-order valence-corrected chi connectivity index (χ0v) is 6.58. The number of amides is 1. The molecule has 0 aromatic heterocycles. The van der Waals surface area contributed by atoms with Crippen LogP contribution in [0.5, 0.6) is 0 Å². The Hall–Kier alpha value is -1.09. The number of hydrogen-bond donors (Lipinski definition) is 2. The molecule has 62 valence electrons. The topological polar surface area (TPSA) is 49.3 Å². The van der Waals surface area contributed by atoms with Gasteiger partial charge in [-0.1, -0.05) is 18.2 Å². The molecule has 0 fully saturated rings. The van der Waals surface area contributed by atoms with E-state index >= 15 is 0 Å². The van der Waals surface area contributed by atoms with Gasteiger partial charge in [0.15, 0.2) is 0 Å². The highest BCUT2D eigenvalue weighted by Crippen LogP contribution is 1.76. The lowest BCUT2D eigenvalue weighted by atomic mass is 10.4. The molecule has 0 aromatic carbocycles. The lowest BCUT2D eigenvalue weighted by Crippen LogP contribution is -2.24. The number of aliphatic hydroxyl groups is 1. The van der Waals surface area contributed by atoms with E-state index in [0.717, 1.165) is 0 Å². The van der Waals surface area contributed by atoms with Crippen molar-refractivity contribution in [3.05, 3.63) is 24.3 Å². The van der Waals surface area contributed by atoms with Gasteiger partial charge >= 0.3 is 0 Å². The molecule has 0 spiro atoms. The second-order valence-electron chi connectivity index (χ2n) is 1.90. The van der Waals surface area contributed by atoms with Crippen LogP contribution < -0.4 is 5.32 Å². The minimum atomic E-state index is -0.183. The van der Waals surface area contributed by atoms with Crippen molar-refractivity contribution in [1.82, 2.24) is 5.32 Å². The Kier molecular flexibility index (Phi) is 6.33. The van der Waals surface area contributed by atoms with Crippen molar-refractivity contribution in [3.8, 4) is 0 Å². The maximum atomic E-state index is 10.7. The van der Waals surface area contributed by atoms with Crippen LogP contribution in [0.4, 0.5) is 0 Å². The zero-order chi connectivity index (χ0) is 8.53. The molecule has 0 atom stereocenters. The van der Waals surface area contributed by atoms with Crippen LogP contribution in [0, 0.1) is 0 Å². The van der Waals surface area contributed by atoms with Crippen LogP contribution in [0.2, 0.25) is 0 Å². The van der Waals surface area contributed by atoms with E-state index in [9.17, 15) is 4.79 Å². The Labute approximate surface area is 66.4 Å². The summed E-state index contributed by atoms with van der Waals surface area (Å²) >= 11 is 0. The molecule has 0 aliphatic heterocycles. The molecule has 0 saturated carbocycles. The minimum absolute atomic E-state index is 0.0246. The molecule has 2 N–H and O–H groups in total. The van der Waals surface area contributed by atoms with Crippen LogP contribution in [-0.4, -0.2) is 24.2 Å². The molecule has 11 heavy (non-hydrogen) atoms. The van der Waals surface area contributed by atoms with Crippen molar-refractivity contribution in [3.63, 3.8) is 0 Å². The van der Waals surface area contributed by atoms with Crippen molar-refractivity contribution in [2.24, 2.45) is 0 Å². The molecule has 0 radical (unpaired) electrons. The maximum Gasteiger partial charge on any atom is 0.244 e. The van der Waals surface area contributed by atoms with E-state index < -0.39 is 0 Å². The maximum absolute atomic E-state index is 10.7. The quantitative estimate of drug-likeness (QED) is 0.451. The fourth-order valence-electron chi connectivity index (χ4n) is 0.492. The molecule has 0 unspecified atom stereocenters. The number of allylic oxidation sites excluding steroid dienone is 3. The van der Waals surface area contributed by atoms with Gasteiger partial charge in [-0.2, -0.15) is 0 Å². The van der Waals surface area contributed by atoms with Gasteiger partial charge in [-0.3, -0.25) is 4.79 Å². The molecule has 0 rings (SSSR count). The Balaban J connectivity index is 3.51. The van der Waals surface area contributed by atoms with E-state index in [1.807, 2.05) is 13.0 Å². The third-order valence-electron chi connectivity index (χ3n) is 0.962. The van der Waals surface area contributed by atoms with Crippen molar-refractivity contribution in [1.29, 1.82) is 0 Å². The van der Waals surface area contributed by atoms with Gasteiger partial charge < -0.3 is 10.4 Å². The number of nitrogens with one attached hydrogen (secondary N) is 1. The second-order valence-corrected chi connectivity index (χ2v) is 1.90. The highest BCUT2D eigenvalue weighted by atomic mass is 16.3. The monoisotopic (exact) mass is 155 g/mol. The third-order valence-corrected chi connectivity index (χ3v) is 0.962. The van der Waals surface area contributed by atoms with Crippen molar-refractivity contribution < 1.29 is 9.90 Å². The second kappa shape index (κ2) is 7.02. The lowest BCUT2D eigenvalue weighted by molar-refractivity contribution is -0.116. The Morgan fingerprint density at radius 3 is 2.82 bits per heavy atom. The van der Waals surface area contributed by atoms with E-state index in [-0.39, 0.29) is 12.5 Å². The summed E-state index contributed by atoms with van der Waals surface area (Å²) in [5.41, 5.74) is 0. The van der Waals surface area contributed by atoms with Crippen LogP contribution >= 0.6 is 0 Å². The van der Waals surface area contributed by atoms with Gasteiger partial charge in [0.05, 0.1) is 6.61 Å². The summed E-state index contributed by atoms with van der Waals surface area (Å²) < 4.78 is 0. The molecule has 1 amide bonds. The first kappa shape index (κ1) is 9.91. The fraction of sp³-hybridized carbons (Fsp3) is 0.375. The molecule has 3 heteroatoms. The molecule has 0 aliphatic rings. The largest absolute Gasteiger partial charge is 0.395 e. The van der Waals surface area contributed by atoms with Gasteiger partial charge in [0, 0.05) is 12.6 Å². The zero-order valence-electron chi connectivity index (χ0n) is 6.58. The molecule has 0 bridgehead atoms. The number of carbonyl (C=O) groups excluding carboxylic acids is 1. The summed E-state index contributed by atoms with van der Waals surface area (Å²) in [6.45, 7) is 2.15. The van der Waals surface area contributed by atoms with Crippen LogP contribution in [0.15, 0.2) is 24.3 Å². The van der Waals surface area contributed by atoms with Crippen LogP contribution in [-0.2, 0) is 4.79 Å². The van der Waals surface area contributed by atoms with E-state index in [0.29, 0.717) is 6.54 Å². The molecule has 0 aromatic rings. The number of carbonyl (C=O) groups is 1. The van der Waals surface area contributed by atoms with Crippen molar-refractivity contribution in [2.75, 3.05) is 13.2 Å². The van der Waals surface area contributed by atoms with E-state index in [1.165, 1.54) is 6.08 Å². The number of hydrogen-bond acceptors (Lipinski definition) is 2. The smallest absolute Gasteiger partial charge is 0.244 e. The molecular weight excluding hydrogens is 142 g/mol. The van der Waals surface area contributed by atoms with Gasteiger partial charge in [-0.15, -0.1) is 0 Å². The van der Waals surface area contributed by atoms with E-state index in [1.54, 1.807) is 12.2 Å². The lowest BCUT2D eigenvalue weighted by Gasteiger charge is -1.95. The van der Waals surface area contributed by atoms with Gasteiger partial charge in [0.25, 0.3) is 0 Å². The first-order valence-corrected chi connectivity index (χ1v) is 3.49. The number of rotatable bonds is 4. The summed E-state index contributed by atoms with van der Waals surface area (Å²) in [6.07, 6.45) is 6.65. The first-order valence-electron chi connectivity index (χ1n) is 3.49. The first-order chi connectivity index (χ1) is 5.31. The Morgan fingerprint density at radius 1 is 1.55 bits per heavy atom. The summed E-state index contributed by atoms with van der Waals surface area (Å²) in [6, 6.07) is 0. The predicted octanol–water partition coefficient (Wildman–Crippen LogP) is 0.227. The summed E-state index contributed by atoms with van der Waals surface area (Å²) in [5.74, 6) is -0.183. The van der Waals surface area contributed by atoms with Gasteiger partial charge in [0.1, 0.15) is 0 Å². The summed E-state index contributed by atoms with van der Waals surface area (Å²) in [4.78, 5) is 10.7. The average Bonchev–Trinajstić information content (AvgIpc) is 2.01. The normalized spacial score (nSPS) is 11.1. The van der Waals surface area contributed by atoms with E-state index in [4.69, 9.17) is 5.11 Å². The van der Waals surface area contributed by atoms with Crippen molar-refractivity contribution in [2.45, 2.75) is 6.92 Å². The SMILES string of the molecule is C/C=C/C=C/C(=O)NCCO. The molecule has 3 nitrogen and oxygen atoms in total. The molecule has 0 aliphatic carbocycles. The van der Waals surface area contributed by atoms with Crippen LogP contribution in [0.25, 0.3) is 0 Å². The molecule has 0 heterocycles. The van der Waals surface area contributed by atoms with Gasteiger partial charge in [-0.05, 0) is 6.92 Å². The molecule has 0 saturated heterocycles. The standard InChI is InChI=1S/C8H13NO2/c1-2-3-4-5-8(11)9-6-7-10/h2-5,10H,6-7H2,1H3,(H,9,11)/b3-2+,5-4+. The predicted molar refractivity (Wildman–Crippen MR) is 44.0 cm³/mol.